The van der Waals surface area contributed by atoms with Crippen molar-refractivity contribution in [1.82, 2.24) is 9.88 Å². The van der Waals surface area contributed by atoms with E-state index in [0.717, 1.165) is 65.1 Å². The highest BCUT2D eigenvalue weighted by atomic mass is 35.5. The van der Waals surface area contributed by atoms with Gasteiger partial charge in [-0.05, 0) is 74.7 Å². The fourth-order valence-corrected chi connectivity index (χ4v) is 4.32. The Morgan fingerprint density at radius 1 is 1.18 bits per heavy atom. The standard InChI is InChI=1S/C23H28ClN3O/c1-3-27(16-7-8-16)12-4-5-20(25)23-18-10-6-15(24)13-22(18)26-21-11-9-17(28-2)14-19(21)23/h6,9-11,13-14,16,20H,3-5,7-8,12,25H2,1-2H3. The number of halogens is 1. The topological polar surface area (TPSA) is 51.4 Å². The molecule has 1 aliphatic rings. The molecule has 1 fully saturated rings. The van der Waals surface area contributed by atoms with Gasteiger partial charge in [0.1, 0.15) is 5.75 Å². The van der Waals surface area contributed by atoms with Gasteiger partial charge in [0, 0.05) is 27.9 Å². The third-order valence-electron chi connectivity index (χ3n) is 5.79. The molecule has 0 radical (unpaired) electrons. The largest absolute Gasteiger partial charge is 0.497 e. The number of nitrogens with two attached hydrogens (primary N) is 1. The van der Waals surface area contributed by atoms with E-state index < -0.39 is 0 Å². The van der Waals surface area contributed by atoms with E-state index in [0.29, 0.717) is 5.02 Å². The Morgan fingerprint density at radius 2 is 2.00 bits per heavy atom. The number of pyridine rings is 1. The predicted molar refractivity (Wildman–Crippen MR) is 117 cm³/mol. The van der Waals surface area contributed by atoms with Crippen LogP contribution in [0.5, 0.6) is 5.75 Å². The fourth-order valence-electron chi connectivity index (χ4n) is 4.15. The number of rotatable bonds is 8. The molecular formula is C23H28ClN3O. The van der Waals surface area contributed by atoms with Crippen LogP contribution in [0.1, 0.15) is 44.2 Å². The summed E-state index contributed by atoms with van der Waals surface area (Å²) in [5.74, 6) is 0.821. The molecule has 1 unspecified atom stereocenters. The normalized spacial score (nSPS) is 15.5. The second kappa shape index (κ2) is 8.24. The minimum atomic E-state index is -0.0563. The summed E-state index contributed by atoms with van der Waals surface area (Å²) in [4.78, 5) is 7.39. The molecule has 2 N–H and O–H groups in total. The Hall–Kier alpha value is -1.88. The second-order valence-corrected chi connectivity index (χ2v) is 8.11. The van der Waals surface area contributed by atoms with Crippen LogP contribution >= 0.6 is 11.6 Å². The fraction of sp³-hybridized carbons (Fsp3) is 0.435. The van der Waals surface area contributed by atoms with Crippen LogP contribution in [-0.4, -0.2) is 36.1 Å². The average Bonchev–Trinajstić information content (AvgIpc) is 3.54. The van der Waals surface area contributed by atoms with Gasteiger partial charge in [0.05, 0.1) is 18.1 Å². The molecule has 0 bridgehead atoms. The first-order chi connectivity index (χ1) is 13.6. The molecule has 0 saturated heterocycles. The van der Waals surface area contributed by atoms with Gasteiger partial charge in [0.15, 0.2) is 0 Å². The Balaban J connectivity index is 1.69. The Bertz CT molecular complexity index is 986. The summed E-state index contributed by atoms with van der Waals surface area (Å²) in [6.07, 6.45) is 4.73. The van der Waals surface area contributed by atoms with E-state index in [-0.39, 0.29) is 6.04 Å². The molecule has 1 saturated carbocycles. The van der Waals surface area contributed by atoms with E-state index >= 15 is 0 Å². The lowest BCUT2D eigenvalue weighted by Gasteiger charge is -2.22. The van der Waals surface area contributed by atoms with Crippen molar-refractivity contribution >= 4 is 33.4 Å². The first-order valence-electron chi connectivity index (χ1n) is 10.2. The first kappa shape index (κ1) is 19.4. The highest BCUT2D eigenvalue weighted by Crippen LogP contribution is 2.35. The molecule has 0 spiro atoms. The highest BCUT2D eigenvalue weighted by Gasteiger charge is 2.27. The number of fused-ring (bicyclic) bond motifs is 2. The van der Waals surface area contributed by atoms with Crippen molar-refractivity contribution in [3.8, 4) is 5.75 Å². The second-order valence-electron chi connectivity index (χ2n) is 7.68. The van der Waals surface area contributed by atoms with Crippen molar-refractivity contribution < 1.29 is 4.74 Å². The van der Waals surface area contributed by atoms with Gasteiger partial charge in [-0.2, -0.15) is 0 Å². The van der Waals surface area contributed by atoms with E-state index in [4.69, 9.17) is 27.1 Å². The zero-order valence-electron chi connectivity index (χ0n) is 16.6. The lowest BCUT2D eigenvalue weighted by Crippen LogP contribution is -2.27. The van der Waals surface area contributed by atoms with E-state index in [2.05, 4.69) is 11.8 Å². The van der Waals surface area contributed by atoms with Crippen LogP contribution in [0.3, 0.4) is 0 Å². The molecule has 1 aromatic heterocycles. The van der Waals surface area contributed by atoms with Crippen molar-refractivity contribution in [2.75, 3.05) is 20.2 Å². The lowest BCUT2D eigenvalue weighted by atomic mass is 9.94. The van der Waals surface area contributed by atoms with Crippen molar-refractivity contribution in [2.24, 2.45) is 5.73 Å². The highest BCUT2D eigenvalue weighted by molar-refractivity contribution is 6.31. The number of ether oxygens (including phenoxy) is 1. The third-order valence-corrected chi connectivity index (χ3v) is 6.02. The van der Waals surface area contributed by atoms with Gasteiger partial charge in [-0.3, -0.25) is 0 Å². The Kier molecular flexibility index (Phi) is 5.72. The molecule has 0 amide bonds. The zero-order chi connectivity index (χ0) is 19.7. The van der Waals surface area contributed by atoms with Crippen LogP contribution in [0.2, 0.25) is 5.02 Å². The van der Waals surface area contributed by atoms with E-state index in [1.807, 2.05) is 36.4 Å². The average molecular weight is 398 g/mol. The molecule has 1 heterocycles. The van der Waals surface area contributed by atoms with Crippen molar-refractivity contribution in [3.05, 3.63) is 47.0 Å². The van der Waals surface area contributed by atoms with Crippen molar-refractivity contribution in [2.45, 2.75) is 44.7 Å². The van der Waals surface area contributed by atoms with Crippen LogP contribution in [0, 0.1) is 0 Å². The molecule has 3 aromatic rings. The summed E-state index contributed by atoms with van der Waals surface area (Å²) in [6.45, 7) is 4.49. The van der Waals surface area contributed by atoms with Crippen LogP contribution < -0.4 is 10.5 Å². The summed E-state index contributed by atoms with van der Waals surface area (Å²) in [5, 5.41) is 2.83. The number of hydrogen-bond acceptors (Lipinski definition) is 4. The van der Waals surface area contributed by atoms with Gasteiger partial charge >= 0.3 is 0 Å². The molecule has 28 heavy (non-hydrogen) atoms. The summed E-state index contributed by atoms with van der Waals surface area (Å²) < 4.78 is 5.45. The number of hydrogen-bond donors (Lipinski definition) is 1. The summed E-state index contributed by atoms with van der Waals surface area (Å²) in [6, 6.07) is 12.6. The monoisotopic (exact) mass is 397 g/mol. The molecule has 4 nitrogen and oxygen atoms in total. The molecule has 2 aromatic carbocycles. The summed E-state index contributed by atoms with van der Waals surface area (Å²) in [7, 11) is 1.69. The Morgan fingerprint density at radius 3 is 2.71 bits per heavy atom. The SMILES string of the molecule is CCN(CCCC(N)c1c2ccc(Cl)cc2nc2ccc(OC)cc12)C1CC1. The maximum absolute atomic E-state index is 6.76. The zero-order valence-corrected chi connectivity index (χ0v) is 17.4. The molecule has 1 atom stereocenters. The van der Waals surface area contributed by atoms with Crippen molar-refractivity contribution in [3.63, 3.8) is 0 Å². The van der Waals surface area contributed by atoms with Gasteiger partial charge in [-0.25, -0.2) is 4.98 Å². The minimum absolute atomic E-state index is 0.0563. The number of methoxy groups -OCH3 is 1. The maximum Gasteiger partial charge on any atom is 0.119 e. The maximum atomic E-state index is 6.76. The molecular weight excluding hydrogens is 370 g/mol. The molecule has 4 rings (SSSR count). The van der Waals surface area contributed by atoms with Gasteiger partial charge in [0.25, 0.3) is 0 Å². The summed E-state index contributed by atoms with van der Waals surface area (Å²) in [5.41, 5.74) is 9.72. The van der Waals surface area contributed by atoms with E-state index in [9.17, 15) is 0 Å². The number of nitrogens with zero attached hydrogens (tertiary/aromatic N) is 2. The van der Waals surface area contributed by atoms with Crippen LogP contribution in [0.25, 0.3) is 21.8 Å². The molecule has 1 aliphatic carbocycles. The molecule has 0 aliphatic heterocycles. The van der Waals surface area contributed by atoms with E-state index in [1.165, 1.54) is 12.8 Å². The quantitative estimate of drug-likeness (QED) is 0.523. The minimum Gasteiger partial charge on any atom is -0.497 e. The Labute approximate surface area is 171 Å². The first-order valence-corrected chi connectivity index (χ1v) is 10.5. The molecule has 148 valence electrons. The van der Waals surface area contributed by atoms with Crippen molar-refractivity contribution in [1.29, 1.82) is 0 Å². The van der Waals surface area contributed by atoms with Crippen LogP contribution in [-0.2, 0) is 0 Å². The van der Waals surface area contributed by atoms with Gasteiger partial charge < -0.3 is 15.4 Å². The van der Waals surface area contributed by atoms with Gasteiger partial charge in [-0.15, -0.1) is 0 Å². The number of benzene rings is 2. The third kappa shape index (κ3) is 3.95. The predicted octanol–water partition coefficient (Wildman–Crippen LogP) is 5.31. The van der Waals surface area contributed by atoms with E-state index in [1.54, 1.807) is 7.11 Å². The number of aromatic nitrogens is 1. The van der Waals surface area contributed by atoms with Gasteiger partial charge in [0.2, 0.25) is 0 Å². The molecule has 5 heteroatoms. The summed E-state index contributed by atoms with van der Waals surface area (Å²) >= 11 is 6.22. The van der Waals surface area contributed by atoms with Crippen LogP contribution in [0.15, 0.2) is 36.4 Å². The van der Waals surface area contributed by atoms with Gasteiger partial charge in [-0.1, -0.05) is 24.6 Å². The van der Waals surface area contributed by atoms with Crippen LogP contribution in [0.4, 0.5) is 0 Å². The lowest BCUT2D eigenvalue weighted by molar-refractivity contribution is 0.269. The smallest absolute Gasteiger partial charge is 0.119 e.